The van der Waals surface area contributed by atoms with Crippen LogP contribution in [0.4, 0.5) is 0 Å². The van der Waals surface area contributed by atoms with E-state index in [1.165, 1.54) is 0 Å². The molecule has 0 spiro atoms. The Hall–Kier alpha value is 0.0921. The number of nitrogens with zero attached hydrogens (tertiary/aromatic N) is 1. The summed E-state index contributed by atoms with van der Waals surface area (Å²) in [5.74, 6) is 0. The van der Waals surface area contributed by atoms with Crippen molar-refractivity contribution in [3.05, 3.63) is 18.2 Å². The molecule has 4 radical (unpaired) electrons. The summed E-state index contributed by atoms with van der Waals surface area (Å²) in [7, 11) is 0. The van der Waals surface area contributed by atoms with Crippen molar-refractivity contribution in [1.82, 2.24) is 9.97 Å². The fourth-order valence-electron chi connectivity index (χ4n) is 0.577. The maximum absolute atomic E-state index is 5.27. The Bertz CT molecular complexity index is 138. The van der Waals surface area contributed by atoms with Gasteiger partial charge in [0.1, 0.15) is 0 Å². The van der Waals surface area contributed by atoms with Crippen molar-refractivity contribution in [3.8, 4) is 0 Å². The number of nitrogens with one attached hydrogen (secondary N) is 1. The number of aromatic nitrogens is 2. The van der Waals surface area contributed by atoms with Gasteiger partial charge in [0.15, 0.2) is 0 Å². The van der Waals surface area contributed by atoms with Crippen LogP contribution < -0.4 is 5.73 Å². The molecule has 0 saturated carbocycles. The van der Waals surface area contributed by atoms with Crippen LogP contribution in [0.5, 0.6) is 0 Å². The van der Waals surface area contributed by atoms with E-state index in [-0.39, 0.29) is 27.3 Å². The maximum Gasteiger partial charge on any atom is 0.0921 e. The molecule has 3 nitrogen and oxygen atoms in total. The molecule has 0 aromatic carbocycles. The van der Waals surface area contributed by atoms with Crippen molar-refractivity contribution in [1.29, 1.82) is 0 Å². The molecule has 48 valence electrons. The second kappa shape index (κ2) is 4.92. The molecule has 1 aromatic rings. The Labute approximate surface area is 74.2 Å². The zero-order chi connectivity index (χ0) is 5.82. The van der Waals surface area contributed by atoms with Gasteiger partial charge < -0.3 is 10.7 Å². The van der Waals surface area contributed by atoms with E-state index in [1.807, 2.05) is 0 Å². The van der Waals surface area contributed by atoms with Crippen molar-refractivity contribution in [2.45, 2.75) is 6.42 Å². The van der Waals surface area contributed by atoms with Crippen LogP contribution >= 0.6 is 0 Å². The van der Waals surface area contributed by atoms with Gasteiger partial charge in [-0.1, -0.05) is 0 Å². The predicted molar refractivity (Wildman–Crippen MR) is 37.1 cm³/mol. The van der Waals surface area contributed by atoms with Crippen molar-refractivity contribution in [2.75, 3.05) is 6.54 Å². The molecule has 0 fully saturated rings. The van der Waals surface area contributed by atoms with E-state index >= 15 is 0 Å². The second-order valence-electron chi connectivity index (χ2n) is 1.62. The number of hydrogen-bond donors (Lipinski definition) is 2. The van der Waals surface area contributed by atoms with Gasteiger partial charge in [0, 0.05) is 45.6 Å². The molecule has 1 aromatic heterocycles. The van der Waals surface area contributed by atoms with E-state index in [2.05, 4.69) is 9.97 Å². The van der Waals surface area contributed by atoms with Crippen LogP contribution in [0, 0.1) is 0 Å². The van der Waals surface area contributed by atoms with Gasteiger partial charge in [0.25, 0.3) is 0 Å². The standard InChI is InChI=1S/C5H9N3.Pb/c6-2-1-5-3-7-4-8-5;/h3-4H,1-2,6H2,(H,7,8);. The molecular formula is C5H9N3Pb. The SMILES string of the molecule is NCCc1cnc[nH]1.[Pb]. The van der Waals surface area contributed by atoms with Gasteiger partial charge in [-0.05, 0) is 6.54 Å². The molecule has 0 atom stereocenters. The first-order chi connectivity index (χ1) is 3.93. The van der Waals surface area contributed by atoms with E-state index in [4.69, 9.17) is 5.73 Å². The van der Waals surface area contributed by atoms with Crippen LogP contribution in [0.25, 0.3) is 0 Å². The van der Waals surface area contributed by atoms with Crippen molar-refractivity contribution >= 4 is 27.3 Å². The molecule has 4 heteroatoms. The van der Waals surface area contributed by atoms with Gasteiger partial charge in [-0.25, -0.2) is 4.98 Å². The van der Waals surface area contributed by atoms with Gasteiger partial charge in [-0.2, -0.15) is 0 Å². The summed E-state index contributed by atoms with van der Waals surface area (Å²) in [4.78, 5) is 6.78. The van der Waals surface area contributed by atoms with Crippen LogP contribution in [-0.2, 0) is 6.42 Å². The molecule has 0 saturated heterocycles. The topological polar surface area (TPSA) is 54.7 Å². The van der Waals surface area contributed by atoms with Crippen LogP contribution in [0.2, 0.25) is 0 Å². The Balaban J connectivity index is 0.000000640. The molecule has 0 unspecified atom stereocenters. The molecule has 0 aliphatic heterocycles. The summed E-state index contributed by atoms with van der Waals surface area (Å²) in [6, 6.07) is 0. The molecule has 9 heavy (non-hydrogen) atoms. The minimum Gasteiger partial charge on any atom is -0.348 e. The molecule has 0 bridgehead atoms. The number of rotatable bonds is 2. The Morgan fingerprint density at radius 1 is 1.67 bits per heavy atom. The van der Waals surface area contributed by atoms with Gasteiger partial charge in [0.2, 0.25) is 0 Å². The van der Waals surface area contributed by atoms with Gasteiger partial charge in [-0.15, -0.1) is 0 Å². The predicted octanol–water partition coefficient (Wildman–Crippen LogP) is -0.470. The summed E-state index contributed by atoms with van der Waals surface area (Å²) < 4.78 is 0. The monoisotopic (exact) mass is 319 g/mol. The van der Waals surface area contributed by atoms with Crippen LogP contribution in [0.1, 0.15) is 5.69 Å². The maximum atomic E-state index is 5.27. The minimum atomic E-state index is 0. The van der Waals surface area contributed by atoms with Gasteiger partial charge in [-0.3, -0.25) is 0 Å². The van der Waals surface area contributed by atoms with Crippen LogP contribution in [-0.4, -0.2) is 43.8 Å². The Morgan fingerprint density at radius 3 is 2.89 bits per heavy atom. The first-order valence-corrected chi connectivity index (χ1v) is 2.61. The number of aromatic amines is 1. The molecule has 1 heterocycles. The third kappa shape index (κ3) is 2.95. The first-order valence-electron chi connectivity index (χ1n) is 2.61. The Morgan fingerprint density at radius 2 is 2.44 bits per heavy atom. The molecule has 0 aliphatic carbocycles. The zero-order valence-corrected chi connectivity index (χ0v) is 8.98. The molecule has 3 N–H and O–H groups in total. The molecule has 0 aliphatic rings. The fraction of sp³-hybridized carbons (Fsp3) is 0.400. The van der Waals surface area contributed by atoms with E-state index < -0.39 is 0 Å². The normalized spacial score (nSPS) is 8.56. The smallest absolute Gasteiger partial charge is 0.0921 e. The van der Waals surface area contributed by atoms with Crippen LogP contribution in [0.3, 0.4) is 0 Å². The molecule has 0 amide bonds. The van der Waals surface area contributed by atoms with Crippen molar-refractivity contribution in [2.24, 2.45) is 5.73 Å². The summed E-state index contributed by atoms with van der Waals surface area (Å²) in [6.07, 6.45) is 4.33. The van der Waals surface area contributed by atoms with E-state index in [9.17, 15) is 0 Å². The third-order valence-corrected chi connectivity index (χ3v) is 0.969. The van der Waals surface area contributed by atoms with Gasteiger partial charge in [0.05, 0.1) is 6.33 Å². The average Bonchev–Trinajstić information content (AvgIpc) is 2.19. The number of hydrogen-bond acceptors (Lipinski definition) is 2. The van der Waals surface area contributed by atoms with Crippen LogP contribution in [0.15, 0.2) is 12.5 Å². The summed E-state index contributed by atoms with van der Waals surface area (Å²) >= 11 is 0. The van der Waals surface area contributed by atoms with E-state index in [0.717, 1.165) is 12.1 Å². The molecular weight excluding hydrogens is 309 g/mol. The third-order valence-electron chi connectivity index (χ3n) is 0.969. The zero-order valence-electron chi connectivity index (χ0n) is 5.09. The molecule has 1 rings (SSSR count). The Kier molecular flexibility index (Phi) is 4.97. The van der Waals surface area contributed by atoms with Crippen molar-refractivity contribution in [3.63, 3.8) is 0 Å². The second-order valence-corrected chi connectivity index (χ2v) is 1.62. The number of H-pyrrole nitrogens is 1. The quantitative estimate of drug-likeness (QED) is 0.725. The van der Waals surface area contributed by atoms with E-state index in [0.29, 0.717) is 6.54 Å². The summed E-state index contributed by atoms with van der Waals surface area (Å²) in [5, 5.41) is 0. The first kappa shape index (κ1) is 9.09. The largest absolute Gasteiger partial charge is 0.348 e. The fourth-order valence-corrected chi connectivity index (χ4v) is 0.577. The number of nitrogens with two attached hydrogens (primary N) is 1. The minimum absolute atomic E-state index is 0. The van der Waals surface area contributed by atoms with Gasteiger partial charge >= 0.3 is 0 Å². The summed E-state index contributed by atoms with van der Waals surface area (Å²) in [6.45, 7) is 0.683. The summed E-state index contributed by atoms with van der Waals surface area (Å²) in [5.41, 5.74) is 6.38. The van der Waals surface area contributed by atoms with Crippen molar-refractivity contribution < 1.29 is 0 Å². The number of imidazole rings is 1. The average molecular weight is 318 g/mol. The van der Waals surface area contributed by atoms with E-state index in [1.54, 1.807) is 12.5 Å².